The predicted molar refractivity (Wildman–Crippen MR) is 114 cm³/mol. The Hall–Kier alpha value is -3.00. The summed E-state index contributed by atoms with van der Waals surface area (Å²) in [5, 5.41) is 13.0. The molecule has 1 amide bonds. The zero-order valence-electron chi connectivity index (χ0n) is 17.9. The Morgan fingerprint density at radius 2 is 1.87 bits per heavy atom. The first kappa shape index (κ1) is 19.9. The van der Waals surface area contributed by atoms with Gasteiger partial charge < -0.3 is 14.2 Å². The fraction of sp³-hybridized carbons (Fsp3) is 0.478. The van der Waals surface area contributed by atoms with Gasteiger partial charge in [0.25, 0.3) is 5.91 Å². The summed E-state index contributed by atoms with van der Waals surface area (Å²) in [6, 6.07) is 12.6. The summed E-state index contributed by atoms with van der Waals surface area (Å²) in [6.07, 6.45) is 6.29. The SMILES string of the molecule is Cc1ccc([C@H](c2nnnn2C2CCCC2)[NH+]2CCN(C(=O)c3ccco3)CC2)cc1. The number of carbonyl (C=O) groups excluding carboxylic acids is 1. The number of carbonyl (C=O) groups is 1. The lowest BCUT2D eigenvalue weighted by atomic mass is 10.0. The molecule has 0 bridgehead atoms. The van der Waals surface area contributed by atoms with Crippen LogP contribution in [0.15, 0.2) is 47.1 Å². The van der Waals surface area contributed by atoms with Crippen molar-refractivity contribution in [2.45, 2.75) is 44.7 Å². The Labute approximate surface area is 181 Å². The van der Waals surface area contributed by atoms with E-state index in [4.69, 9.17) is 4.42 Å². The number of aryl methyl sites for hydroxylation is 1. The molecule has 1 saturated heterocycles. The molecule has 5 rings (SSSR count). The third-order valence-corrected chi connectivity index (χ3v) is 6.69. The molecule has 0 radical (unpaired) electrons. The quantitative estimate of drug-likeness (QED) is 0.680. The van der Waals surface area contributed by atoms with E-state index >= 15 is 0 Å². The van der Waals surface area contributed by atoms with E-state index < -0.39 is 0 Å². The highest BCUT2D eigenvalue weighted by Gasteiger charge is 2.37. The van der Waals surface area contributed by atoms with E-state index in [2.05, 4.69) is 51.4 Å². The molecule has 162 valence electrons. The van der Waals surface area contributed by atoms with Crippen LogP contribution in [-0.4, -0.2) is 57.2 Å². The van der Waals surface area contributed by atoms with Crippen LogP contribution < -0.4 is 4.90 Å². The summed E-state index contributed by atoms with van der Waals surface area (Å²) < 4.78 is 7.38. The van der Waals surface area contributed by atoms with Gasteiger partial charge in [-0.1, -0.05) is 42.7 Å². The van der Waals surface area contributed by atoms with E-state index in [0.717, 1.165) is 31.8 Å². The number of piperazine rings is 1. The van der Waals surface area contributed by atoms with E-state index in [1.807, 2.05) is 4.90 Å². The summed E-state index contributed by atoms with van der Waals surface area (Å²) in [4.78, 5) is 16.0. The maximum Gasteiger partial charge on any atom is 0.289 e. The molecule has 1 N–H and O–H groups in total. The summed E-state index contributed by atoms with van der Waals surface area (Å²) in [5.41, 5.74) is 2.46. The molecule has 8 heteroatoms. The van der Waals surface area contributed by atoms with E-state index in [9.17, 15) is 4.79 Å². The van der Waals surface area contributed by atoms with Crippen molar-refractivity contribution in [2.24, 2.45) is 0 Å². The molecular formula is C23H29N6O2+. The molecule has 1 atom stereocenters. The number of furan rings is 1. The predicted octanol–water partition coefficient (Wildman–Crippen LogP) is 1.82. The number of nitrogens with one attached hydrogen (secondary N) is 1. The van der Waals surface area contributed by atoms with Gasteiger partial charge in [-0.15, -0.1) is 5.10 Å². The Balaban J connectivity index is 1.40. The average molecular weight is 422 g/mol. The highest BCUT2D eigenvalue weighted by molar-refractivity contribution is 5.91. The number of rotatable bonds is 5. The Bertz CT molecular complexity index is 999. The van der Waals surface area contributed by atoms with Gasteiger partial charge in [0.15, 0.2) is 11.8 Å². The molecule has 0 spiro atoms. The third-order valence-electron chi connectivity index (χ3n) is 6.69. The van der Waals surface area contributed by atoms with Crippen molar-refractivity contribution in [3.05, 3.63) is 65.4 Å². The van der Waals surface area contributed by atoms with Crippen molar-refractivity contribution >= 4 is 5.91 Å². The molecule has 1 aliphatic carbocycles. The molecule has 1 aromatic carbocycles. The lowest BCUT2D eigenvalue weighted by Crippen LogP contribution is -3.15. The van der Waals surface area contributed by atoms with Gasteiger partial charge in [0, 0.05) is 5.56 Å². The lowest BCUT2D eigenvalue weighted by molar-refractivity contribution is -0.930. The van der Waals surface area contributed by atoms with Gasteiger partial charge in [0.05, 0.1) is 38.5 Å². The van der Waals surface area contributed by atoms with E-state index in [1.54, 1.807) is 18.4 Å². The number of aromatic nitrogens is 4. The van der Waals surface area contributed by atoms with Crippen LogP contribution in [0.1, 0.15) is 65.3 Å². The van der Waals surface area contributed by atoms with Crippen LogP contribution >= 0.6 is 0 Å². The highest BCUT2D eigenvalue weighted by Crippen LogP contribution is 2.31. The molecule has 3 aromatic rings. The Kier molecular flexibility index (Phi) is 5.55. The number of tetrazole rings is 1. The lowest BCUT2D eigenvalue weighted by Gasteiger charge is -2.36. The van der Waals surface area contributed by atoms with Crippen molar-refractivity contribution < 1.29 is 14.1 Å². The van der Waals surface area contributed by atoms with Crippen LogP contribution in [0.3, 0.4) is 0 Å². The van der Waals surface area contributed by atoms with Gasteiger partial charge in [0.2, 0.25) is 5.82 Å². The Morgan fingerprint density at radius 1 is 1.13 bits per heavy atom. The van der Waals surface area contributed by atoms with E-state index in [0.29, 0.717) is 24.9 Å². The normalized spacial score (nSPS) is 19.1. The van der Waals surface area contributed by atoms with Crippen molar-refractivity contribution in [1.82, 2.24) is 25.1 Å². The first-order valence-electron chi connectivity index (χ1n) is 11.2. The fourth-order valence-corrected chi connectivity index (χ4v) is 4.97. The fourth-order valence-electron chi connectivity index (χ4n) is 4.97. The topological polar surface area (TPSA) is 81.5 Å². The largest absolute Gasteiger partial charge is 0.459 e. The van der Waals surface area contributed by atoms with Crippen LogP contribution in [-0.2, 0) is 0 Å². The molecule has 8 nitrogen and oxygen atoms in total. The molecule has 31 heavy (non-hydrogen) atoms. The van der Waals surface area contributed by atoms with Crippen LogP contribution in [0.4, 0.5) is 0 Å². The van der Waals surface area contributed by atoms with Crippen molar-refractivity contribution in [1.29, 1.82) is 0 Å². The third kappa shape index (κ3) is 3.99. The minimum absolute atomic E-state index is 0.0354. The molecule has 2 fully saturated rings. The molecule has 2 aromatic heterocycles. The van der Waals surface area contributed by atoms with Gasteiger partial charge in [-0.05, 0) is 42.3 Å². The summed E-state index contributed by atoms with van der Waals surface area (Å²) in [5.74, 6) is 1.31. The molecule has 2 aliphatic rings. The Morgan fingerprint density at radius 3 is 2.55 bits per heavy atom. The average Bonchev–Trinajstić information content (AvgIpc) is 3.57. The maximum atomic E-state index is 12.7. The molecule has 3 heterocycles. The number of hydrogen-bond acceptors (Lipinski definition) is 5. The van der Waals surface area contributed by atoms with Gasteiger partial charge in [-0.25, -0.2) is 4.68 Å². The zero-order chi connectivity index (χ0) is 21.2. The number of nitrogens with zero attached hydrogens (tertiary/aromatic N) is 5. The number of hydrogen-bond donors (Lipinski definition) is 1. The monoisotopic (exact) mass is 421 g/mol. The molecular weight excluding hydrogens is 392 g/mol. The number of amides is 1. The van der Waals surface area contributed by atoms with Crippen molar-refractivity contribution in [3.63, 3.8) is 0 Å². The van der Waals surface area contributed by atoms with Gasteiger partial charge in [0.1, 0.15) is 0 Å². The van der Waals surface area contributed by atoms with Crippen molar-refractivity contribution in [3.8, 4) is 0 Å². The maximum absolute atomic E-state index is 12.7. The molecule has 1 saturated carbocycles. The van der Waals surface area contributed by atoms with Crippen molar-refractivity contribution in [2.75, 3.05) is 26.2 Å². The van der Waals surface area contributed by atoms with Gasteiger partial charge in [-0.3, -0.25) is 4.79 Å². The molecule has 1 aliphatic heterocycles. The number of quaternary nitrogens is 1. The second kappa shape index (κ2) is 8.63. The van der Waals surface area contributed by atoms with Gasteiger partial charge >= 0.3 is 0 Å². The summed E-state index contributed by atoms with van der Waals surface area (Å²) in [7, 11) is 0. The standard InChI is InChI=1S/C23H28N6O2/c1-17-8-10-18(11-9-17)21(22-24-25-26-29(22)19-5-2-3-6-19)27-12-14-28(15-13-27)23(30)20-7-4-16-31-20/h4,7-11,16,19,21H,2-3,5-6,12-15H2,1H3/p+1/t21-/m1/s1. The van der Waals surface area contributed by atoms with E-state index in [-0.39, 0.29) is 11.9 Å². The summed E-state index contributed by atoms with van der Waals surface area (Å²) >= 11 is 0. The van der Waals surface area contributed by atoms with Crippen LogP contribution in [0, 0.1) is 6.92 Å². The van der Waals surface area contributed by atoms with Crippen LogP contribution in [0.2, 0.25) is 0 Å². The zero-order valence-corrected chi connectivity index (χ0v) is 17.9. The van der Waals surface area contributed by atoms with E-state index in [1.165, 1.54) is 28.9 Å². The second-order valence-electron chi connectivity index (χ2n) is 8.69. The minimum Gasteiger partial charge on any atom is -0.459 e. The van der Waals surface area contributed by atoms with Crippen LogP contribution in [0.5, 0.6) is 0 Å². The molecule has 0 unspecified atom stereocenters. The smallest absolute Gasteiger partial charge is 0.289 e. The number of benzene rings is 1. The first-order chi connectivity index (χ1) is 15.2. The first-order valence-corrected chi connectivity index (χ1v) is 11.2. The second-order valence-corrected chi connectivity index (χ2v) is 8.69. The van der Waals surface area contributed by atoms with Crippen LogP contribution in [0.25, 0.3) is 0 Å². The highest BCUT2D eigenvalue weighted by atomic mass is 16.3. The minimum atomic E-state index is -0.0354. The van der Waals surface area contributed by atoms with Gasteiger partial charge in [-0.2, -0.15) is 0 Å². The summed E-state index contributed by atoms with van der Waals surface area (Å²) in [6.45, 7) is 5.14.